The Morgan fingerprint density at radius 1 is 1.03 bits per heavy atom. The maximum atomic E-state index is 13.1. The van der Waals surface area contributed by atoms with Crippen LogP contribution in [0.1, 0.15) is 43.5 Å². The molecule has 0 aromatic carbocycles. The number of hydrogen-bond donors (Lipinski definition) is 1. The Kier molecular flexibility index (Phi) is 6.73. The van der Waals surface area contributed by atoms with Gasteiger partial charge in [-0.15, -0.1) is 0 Å². The predicted octanol–water partition coefficient (Wildman–Crippen LogP) is 3.93. The van der Waals surface area contributed by atoms with E-state index in [1.165, 1.54) is 11.9 Å². The second-order valence-corrected chi connectivity index (χ2v) is 8.46. The van der Waals surface area contributed by atoms with E-state index in [0.29, 0.717) is 37.8 Å². The van der Waals surface area contributed by atoms with E-state index in [2.05, 4.69) is 15.2 Å². The van der Waals surface area contributed by atoms with Gasteiger partial charge < -0.3 is 15.1 Å². The van der Waals surface area contributed by atoms with E-state index in [4.69, 9.17) is 0 Å². The van der Waals surface area contributed by atoms with Gasteiger partial charge in [-0.25, -0.2) is 4.98 Å². The fourth-order valence-electron chi connectivity index (χ4n) is 4.30. The standard InChI is InChI=1S/C20H26F6N4O/c1-29-8-7-12(11-29)18(31)27-13-3-5-14(6-4-13)30(2)15-9-16(19(21,22)23)28-17(10-15)20(24,25)26/h9-10,12-14H,3-8,11H2,1-2H3,(H,27,31). The summed E-state index contributed by atoms with van der Waals surface area (Å²) in [5.74, 6) is -0.0243. The number of nitrogens with one attached hydrogen (secondary N) is 1. The summed E-state index contributed by atoms with van der Waals surface area (Å²) in [6.07, 6.45) is -6.81. The maximum absolute atomic E-state index is 13.1. The molecule has 2 aliphatic rings. The zero-order valence-electron chi connectivity index (χ0n) is 17.4. The van der Waals surface area contributed by atoms with Crippen molar-refractivity contribution in [1.29, 1.82) is 0 Å². The molecule has 11 heteroatoms. The molecule has 31 heavy (non-hydrogen) atoms. The van der Waals surface area contributed by atoms with Crippen molar-refractivity contribution in [3.05, 3.63) is 23.5 Å². The number of likely N-dealkylation sites (tertiary alicyclic amines) is 1. The zero-order valence-corrected chi connectivity index (χ0v) is 17.4. The van der Waals surface area contributed by atoms with E-state index in [1.807, 2.05) is 7.05 Å². The van der Waals surface area contributed by atoms with Crippen molar-refractivity contribution in [2.75, 3.05) is 32.1 Å². The highest BCUT2D eigenvalue weighted by Crippen LogP contribution is 2.37. The van der Waals surface area contributed by atoms with Gasteiger partial charge in [-0.1, -0.05) is 0 Å². The molecule has 2 fully saturated rings. The molecule has 1 saturated carbocycles. The number of halogens is 6. The lowest BCUT2D eigenvalue weighted by molar-refractivity contribution is -0.150. The predicted molar refractivity (Wildman–Crippen MR) is 102 cm³/mol. The highest BCUT2D eigenvalue weighted by atomic mass is 19.4. The summed E-state index contributed by atoms with van der Waals surface area (Å²) in [5, 5.41) is 3.05. The van der Waals surface area contributed by atoms with Crippen LogP contribution in [-0.2, 0) is 17.1 Å². The van der Waals surface area contributed by atoms with Gasteiger partial charge in [0.15, 0.2) is 0 Å². The Hall–Kier alpha value is -2.04. The number of carbonyl (C=O) groups is 1. The lowest BCUT2D eigenvalue weighted by Gasteiger charge is -2.36. The molecule has 1 aromatic heterocycles. The quantitative estimate of drug-likeness (QED) is 0.704. The number of rotatable bonds is 4. The summed E-state index contributed by atoms with van der Waals surface area (Å²) >= 11 is 0. The van der Waals surface area contributed by atoms with E-state index in [0.717, 1.165) is 19.5 Å². The monoisotopic (exact) mass is 452 g/mol. The molecule has 1 saturated heterocycles. The molecule has 2 heterocycles. The number of nitrogens with zero attached hydrogens (tertiary/aromatic N) is 3. The van der Waals surface area contributed by atoms with Gasteiger partial charge >= 0.3 is 12.4 Å². The molecular formula is C20H26F6N4O. The fraction of sp³-hybridized carbons (Fsp3) is 0.700. The minimum Gasteiger partial charge on any atom is -0.371 e. The SMILES string of the molecule is CN1CCC(C(=O)NC2CCC(N(C)c3cc(C(F)(F)F)nc(C(F)(F)F)c3)CC2)C1. The topological polar surface area (TPSA) is 48.5 Å². The number of anilines is 1. The maximum Gasteiger partial charge on any atom is 0.433 e. The summed E-state index contributed by atoms with van der Waals surface area (Å²) in [4.78, 5) is 18.7. The normalized spacial score (nSPS) is 25.5. The van der Waals surface area contributed by atoms with Crippen molar-refractivity contribution in [1.82, 2.24) is 15.2 Å². The Bertz CT molecular complexity index is 757. The van der Waals surface area contributed by atoms with E-state index in [9.17, 15) is 31.1 Å². The summed E-state index contributed by atoms with van der Waals surface area (Å²) in [7, 11) is 3.45. The van der Waals surface area contributed by atoms with Crippen molar-refractivity contribution >= 4 is 11.6 Å². The highest BCUT2D eigenvalue weighted by molar-refractivity contribution is 5.79. The molecule has 5 nitrogen and oxygen atoms in total. The van der Waals surface area contributed by atoms with Crippen LogP contribution in [0, 0.1) is 5.92 Å². The van der Waals surface area contributed by atoms with E-state index in [1.54, 1.807) is 0 Å². The van der Waals surface area contributed by atoms with Crippen LogP contribution in [0.2, 0.25) is 0 Å². The second-order valence-electron chi connectivity index (χ2n) is 8.46. The number of hydrogen-bond acceptors (Lipinski definition) is 4. The first-order valence-electron chi connectivity index (χ1n) is 10.2. The average Bonchev–Trinajstić information content (AvgIpc) is 3.13. The van der Waals surface area contributed by atoms with Gasteiger partial charge in [0.1, 0.15) is 11.4 Å². The van der Waals surface area contributed by atoms with Crippen LogP contribution in [0.3, 0.4) is 0 Å². The average molecular weight is 452 g/mol. The highest BCUT2D eigenvalue weighted by Gasteiger charge is 2.40. The molecule has 1 aliphatic carbocycles. The van der Waals surface area contributed by atoms with Gasteiger partial charge in [0.25, 0.3) is 0 Å². The van der Waals surface area contributed by atoms with Gasteiger partial charge in [-0.3, -0.25) is 4.79 Å². The van der Waals surface area contributed by atoms with Gasteiger partial charge in [0.05, 0.1) is 5.92 Å². The molecule has 1 atom stereocenters. The van der Waals surface area contributed by atoms with Crippen molar-refractivity contribution in [2.45, 2.75) is 56.5 Å². The molecular weight excluding hydrogens is 426 g/mol. The van der Waals surface area contributed by atoms with Crippen LogP contribution in [0.15, 0.2) is 12.1 Å². The molecule has 0 radical (unpaired) electrons. The van der Waals surface area contributed by atoms with E-state index < -0.39 is 23.7 Å². The first kappa shape index (κ1) is 23.6. The first-order chi connectivity index (χ1) is 14.3. The summed E-state index contributed by atoms with van der Waals surface area (Å²) in [5.41, 5.74) is -3.30. The van der Waals surface area contributed by atoms with E-state index >= 15 is 0 Å². The van der Waals surface area contributed by atoms with Crippen LogP contribution in [0.5, 0.6) is 0 Å². The lowest BCUT2D eigenvalue weighted by atomic mass is 9.89. The number of amides is 1. The second kappa shape index (κ2) is 8.84. The number of aromatic nitrogens is 1. The Morgan fingerprint density at radius 3 is 2.03 bits per heavy atom. The molecule has 3 rings (SSSR count). The van der Waals surface area contributed by atoms with Crippen LogP contribution in [-0.4, -0.2) is 55.1 Å². The van der Waals surface area contributed by atoms with Crippen molar-refractivity contribution in [2.24, 2.45) is 5.92 Å². The Balaban J connectivity index is 1.65. The fourth-order valence-corrected chi connectivity index (χ4v) is 4.30. The molecule has 1 aromatic rings. The number of alkyl halides is 6. The minimum atomic E-state index is -4.98. The van der Waals surface area contributed by atoms with Crippen LogP contribution in [0.25, 0.3) is 0 Å². The largest absolute Gasteiger partial charge is 0.433 e. The first-order valence-corrected chi connectivity index (χ1v) is 10.2. The molecule has 1 N–H and O–H groups in total. The van der Waals surface area contributed by atoms with E-state index in [-0.39, 0.29) is 29.6 Å². The third-order valence-corrected chi connectivity index (χ3v) is 6.15. The molecule has 0 spiro atoms. The van der Waals surface area contributed by atoms with Crippen LogP contribution in [0.4, 0.5) is 32.0 Å². The third-order valence-electron chi connectivity index (χ3n) is 6.15. The van der Waals surface area contributed by atoms with Crippen molar-refractivity contribution < 1.29 is 31.1 Å². The number of pyridine rings is 1. The molecule has 1 aliphatic heterocycles. The van der Waals surface area contributed by atoms with Crippen LogP contribution < -0.4 is 10.2 Å². The summed E-state index contributed by atoms with van der Waals surface area (Å²) in [6, 6.07) is 1.05. The van der Waals surface area contributed by atoms with Crippen molar-refractivity contribution in [3.63, 3.8) is 0 Å². The summed E-state index contributed by atoms with van der Waals surface area (Å²) in [6.45, 7) is 1.59. The van der Waals surface area contributed by atoms with Gasteiger partial charge in [0.2, 0.25) is 5.91 Å². The Morgan fingerprint density at radius 2 is 1.58 bits per heavy atom. The van der Waals surface area contributed by atoms with Gasteiger partial charge in [-0.05, 0) is 57.8 Å². The molecule has 1 unspecified atom stereocenters. The number of carbonyl (C=O) groups excluding carboxylic acids is 1. The van der Waals surface area contributed by atoms with Crippen molar-refractivity contribution in [3.8, 4) is 0 Å². The van der Waals surface area contributed by atoms with Gasteiger partial charge in [0, 0.05) is 31.4 Å². The molecule has 0 bridgehead atoms. The smallest absolute Gasteiger partial charge is 0.371 e. The lowest BCUT2D eigenvalue weighted by Crippen LogP contribution is -2.45. The Labute approximate surface area is 176 Å². The third kappa shape index (κ3) is 5.81. The van der Waals surface area contributed by atoms with Crippen LogP contribution >= 0.6 is 0 Å². The molecule has 1 amide bonds. The summed E-state index contributed by atoms with van der Waals surface area (Å²) < 4.78 is 78.5. The van der Waals surface area contributed by atoms with Gasteiger partial charge in [-0.2, -0.15) is 26.3 Å². The minimum absolute atomic E-state index is 0.0138. The molecule has 174 valence electrons. The zero-order chi connectivity index (χ0) is 23.0.